The van der Waals surface area contributed by atoms with E-state index < -0.39 is 15.8 Å². The first-order valence-electron chi connectivity index (χ1n) is 7.19. The summed E-state index contributed by atoms with van der Waals surface area (Å²) in [6.45, 7) is 13.3. The van der Waals surface area contributed by atoms with Gasteiger partial charge in [0, 0.05) is 0 Å². The van der Waals surface area contributed by atoms with Crippen molar-refractivity contribution in [1.82, 2.24) is 0 Å². The predicted molar refractivity (Wildman–Crippen MR) is 94.8 cm³/mol. The van der Waals surface area contributed by atoms with Gasteiger partial charge in [-0.1, -0.05) is 66.6 Å². The van der Waals surface area contributed by atoms with Crippen LogP contribution in [0.25, 0.3) is 0 Å². The first-order chi connectivity index (χ1) is 8.43. The molecule has 0 aliphatic heterocycles. The fourth-order valence-corrected chi connectivity index (χ4v) is 9.34. The van der Waals surface area contributed by atoms with E-state index >= 15 is 0 Å². The van der Waals surface area contributed by atoms with E-state index in [0.29, 0.717) is 0 Å². The van der Waals surface area contributed by atoms with E-state index in [1.165, 1.54) is 0 Å². The molecule has 0 rings (SSSR count). The predicted octanol–water partition coefficient (Wildman–Crippen LogP) is 4.85. The Bertz CT molecular complexity index is 302. The smallest absolute Gasteiger partial charge is 0.198 e. The van der Waals surface area contributed by atoms with Crippen molar-refractivity contribution in [3.63, 3.8) is 0 Å². The summed E-state index contributed by atoms with van der Waals surface area (Å²) in [6, 6.07) is 0. The standard InChI is InChI=1S/C14H33O2PS2/c1-7-9-13(3,4)11-19(17(15,16)18)12-14(5,6)10-8-2/h15-16,18H,7-12H2,1-6H3. The van der Waals surface area contributed by atoms with Gasteiger partial charge in [0.1, 0.15) is 0 Å². The van der Waals surface area contributed by atoms with E-state index in [-0.39, 0.29) is 10.8 Å². The number of hydrogen-bond donors (Lipinski definition) is 3. The molecule has 2 N–H and O–H groups in total. The summed E-state index contributed by atoms with van der Waals surface area (Å²) in [4.78, 5) is 20.2. The minimum atomic E-state index is -3.04. The molecule has 0 fully saturated rings. The topological polar surface area (TPSA) is 40.5 Å². The van der Waals surface area contributed by atoms with Crippen molar-refractivity contribution in [3.05, 3.63) is 0 Å². The van der Waals surface area contributed by atoms with Crippen molar-refractivity contribution in [2.24, 2.45) is 10.8 Å². The Kier molecular flexibility index (Phi) is 8.32. The Morgan fingerprint density at radius 3 is 1.42 bits per heavy atom. The van der Waals surface area contributed by atoms with E-state index in [9.17, 15) is 9.79 Å². The maximum absolute atomic E-state index is 10.1. The summed E-state index contributed by atoms with van der Waals surface area (Å²) in [7, 11) is -0.397. The average Bonchev–Trinajstić information content (AvgIpc) is 2.13. The Morgan fingerprint density at radius 2 is 1.21 bits per heavy atom. The third kappa shape index (κ3) is 8.83. The highest BCUT2D eigenvalue weighted by Gasteiger charge is 2.27. The van der Waals surface area contributed by atoms with Crippen molar-refractivity contribution in [3.8, 4) is 0 Å². The fourth-order valence-electron chi connectivity index (χ4n) is 2.62. The lowest BCUT2D eigenvalue weighted by Crippen LogP contribution is -2.28. The van der Waals surface area contributed by atoms with Gasteiger partial charge in [-0.15, -0.1) is 10.1 Å². The van der Waals surface area contributed by atoms with Crippen LogP contribution in [0.2, 0.25) is 0 Å². The van der Waals surface area contributed by atoms with Crippen LogP contribution in [0.1, 0.15) is 67.2 Å². The van der Waals surface area contributed by atoms with Gasteiger partial charge < -0.3 is 9.79 Å². The lowest BCUT2D eigenvalue weighted by Gasteiger charge is -2.33. The van der Waals surface area contributed by atoms with E-state index in [1.807, 2.05) is 0 Å². The quantitative estimate of drug-likeness (QED) is 0.440. The summed E-state index contributed by atoms with van der Waals surface area (Å²) in [5.41, 5.74) is -2.71. The van der Waals surface area contributed by atoms with Crippen molar-refractivity contribution >= 4 is 28.0 Å². The van der Waals surface area contributed by atoms with Gasteiger partial charge in [-0.25, -0.2) is 0 Å². The van der Waals surface area contributed by atoms with Crippen LogP contribution < -0.4 is 0 Å². The molecule has 0 radical (unpaired) electrons. The van der Waals surface area contributed by atoms with Crippen LogP contribution >= 0.6 is 17.9 Å². The van der Waals surface area contributed by atoms with E-state index in [2.05, 4.69) is 53.8 Å². The largest absolute Gasteiger partial charge is 0.341 e. The van der Waals surface area contributed by atoms with Gasteiger partial charge in [-0.05, 0) is 35.2 Å². The van der Waals surface area contributed by atoms with Gasteiger partial charge in [-0.2, -0.15) is 0 Å². The zero-order chi connectivity index (χ0) is 15.3. The van der Waals surface area contributed by atoms with Gasteiger partial charge in [0.2, 0.25) is 0 Å². The summed E-state index contributed by atoms with van der Waals surface area (Å²) < 4.78 is 0. The van der Waals surface area contributed by atoms with Gasteiger partial charge in [0.25, 0.3) is 0 Å². The summed E-state index contributed by atoms with van der Waals surface area (Å²) in [5.74, 6) is 1.75. The van der Waals surface area contributed by atoms with Gasteiger partial charge in [-0.3, -0.25) is 0 Å². The zero-order valence-corrected chi connectivity index (χ0v) is 16.0. The number of thiol groups is 1. The molecule has 0 unspecified atom stereocenters. The highest BCUT2D eigenvalue weighted by Crippen LogP contribution is 2.50. The average molecular weight is 329 g/mol. The molecule has 0 aromatic rings. The highest BCUT2D eigenvalue weighted by molar-refractivity contribution is 8.65. The zero-order valence-electron chi connectivity index (χ0n) is 13.4. The lowest BCUT2D eigenvalue weighted by atomic mass is 9.90. The van der Waals surface area contributed by atoms with Crippen molar-refractivity contribution < 1.29 is 9.79 Å². The SMILES string of the molecule is CCCC(C)(C)CS(CC(C)(C)CCC)=P(O)(O)S. The minimum absolute atomic E-state index is 0.166. The normalized spacial score (nSPS) is 14.2. The Hall–Kier alpha value is 1.05. The molecular formula is C14H33O2PS2. The molecular weight excluding hydrogens is 295 g/mol. The third-order valence-electron chi connectivity index (χ3n) is 3.31. The molecule has 0 bridgehead atoms. The van der Waals surface area contributed by atoms with Gasteiger partial charge in [0.15, 0.2) is 5.69 Å². The molecule has 0 amide bonds. The molecule has 0 aliphatic rings. The summed E-state index contributed by atoms with van der Waals surface area (Å²) in [5, 5.41) is 0. The van der Waals surface area contributed by atoms with Crippen LogP contribution in [0.4, 0.5) is 0 Å². The van der Waals surface area contributed by atoms with Gasteiger partial charge >= 0.3 is 0 Å². The second-order valence-corrected chi connectivity index (χ2v) is 15.2. The lowest BCUT2D eigenvalue weighted by molar-refractivity contribution is 0.369. The van der Waals surface area contributed by atoms with E-state index in [1.54, 1.807) is 0 Å². The molecule has 19 heavy (non-hydrogen) atoms. The minimum Gasteiger partial charge on any atom is -0.341 e. The maximum atomic E-state index is 10.1. The molecule has 0 spiro atoms. The second-order valence-electron chi connectivity index (χ2n) is 7.09. The Balaban J connectivity index is 5.10. The van der Waals surface area contributed by atoms with Crippen LogP contribution in [-0.4, -0.2) is 21.3 Å². The molecule has 0 aromatic heterocycles. The fraction of sp³-hybridized carbons (Fsp3) is 1.00. The van der Waals surface area contributed by atoms with Crippen LogP contribution in [0.15, 0.2) is 0 Å². The molecule has 0 aromatic carbocycles. The van der Waals surface area contributed by atoms with Crippen LogP contribution in [0.5, 0.6) is 0 Å². The molecule has 0 heterocycles. The molecule has 2 nitrogen and oxygen atoms in total. The monoisotopic (exact) mass is 328 g/mol. The van der Waals surface area contributed by atoms with E-state index in [4.69, 9.17) is 0 Å². The van der Waals surface area contributed by atoms with Crippen LogP contribution in [0, 0.1) is 10.8 Å². The highest BCUT2D eigenvalue weighted by atomic mass is 32.9. The molecule has 0 saturated heterocycles. The van der Waals surface area contributed by atoms with Crippen molar-refractivity contribution in [2.75, 3.05) is 11.5 Å². The second kappa shape index (κ2) is 7.89. The first kappa shape index (κ1) is 20.1. The number of rotatable bonds is 8. The first-order valence-corrected chi connectivity index (χ1v) is 12.2. The van der Waals surface area contributed by atoms with E-state index in [0.717, 1.165) is 37.2 Å². The maximum Gasteiger partial charge on any atom is 0.198 e. The number of hydrogen-bond acceptors (Lipinski definition) is 0. The van der Waals surface area contributed by atoms with Gasteiger partial charge in [0.05, 0.1) is 0 Å². The van der Waals surface area contributed by atoms with Crippen LogP contribution in [0.3, 0.4) is 0 Å². The Labute approximate surface area is 127 Å². The van der Waals surface area contributed by atoms with Crippen LogP contribution in [-0.2, 0) is 10.1 Å². The van der Waals surface area contributed by atoms with Crippen molar-refractivity contribution in [2.45, 2.75) is 67.2 Å². The molecule has 0 aliphatic carbocycles. The molecule has 5 heteroatoms. The Morgan fingerprint density at radius 1 is 0.895 bits per heavy atom. The molecule has 0 saturated carbocycles. The summed E-state index contributed by atoms with van der Waals surface area (Å²) in [6.07, 6.45) is 4.52. The third-order valence-corrected chi connectivity index (χ3v) is 11.2. The van der Waals surface area contributed by atoms with Crippen molar-refractivity contribution in [1.29, 1.82) is 0 Å². The summed E-state index contributed by atoms with van der Waals surface area (Å²) >= 11 is 4.14. The molecule has 0 atom stereocenters. The molecule has 118 valence electrons.